The molecule has 1 aromatic heterocycles. The van der Waals surface area contributed by atoms with Gasteiger partial charge >= 0.3 is 0 Å². The van der Waals surface area contributed by atoms with E-state index >= 15 is 0 Å². The number of hydrogen-bond acceptors (Lipinski definition) is 3. The lowest BCUT2D eigenvalue weighted by Gasteiger charge is -2.09. The van der Waals surface area contributed by atoms with Crippen LogP contribution >= 0.6 is 23.8 Å². The van der Waals surface area contributed by atoms with Crippen molar-refractivity contribution in [2.45, 2.75) is 0 Å². The Labute approximate surface area is 120 Å². The number of benzene rings is 1. The van der Waals surface area contributed by atoms with E-state index in [9.17, 15) is 4.79 Å². The van der Waals surface area contributed by atoms with E-state index in [1.807, 2.05) is 30.3 Å². The molecule has 0 bridgehead atoms. The maximum Gasteiger partial charge on any atom is 0.260 e. The van der Waals surface area contributed by atoms with E-state index in [-0.39, 0.29) is 15.8 Å². The number of nitrogens with one attached hydrogen (secondary N) is 2. The summed E-state index contributed by atoms with van der Waals surface area (Å²) in [4.78, 5) is 15.7. The van der Waals surface area contributed by atoms with Crippen LogP contribution in [0, 0.1) is 0 Å². The molecule has 2 N–H and O–H groups in total. The second kappa shape index (κ2) is 6.26. The molecule has 0 saturated carbocycles. The molecule has 2 aromatic rings. The van der Waals surface area contributed by atoms with Gasteiger partial charge in [-0.1, -0.05) is 29.8 Å². The highest BCUT2D eigenvalue weighted by atomic mass is 35.5. The molecule has 6 heteroatoms. The monoisotopic (exact) mass is 291 g/mol. The Morgan fingerprint density at radius 2 is 1.89 bits per heavy atom. The van der Waals surface area contributed by atoms with Crippen LogP contribution in [0.5, 0.6) is 0 Å². The van der Waals surface area contributed by atoms with Crippen molar-refractivity contribution in [3.05, 3.63) is 59.4 Å². The summed E-state index contributed by atoms with van der Waals surface area (Å²) in [6.07, 6.45) is 1.51. The van der Waals surface area contributed by atoms with Crippen LogP contribution in [0.15, 0.2) is 48.7 Å². The fourth-order valence-electron chi connectivity index (χ4n) is 1.41. The van der Waals surface area contributed by atoms with Crippen LogP contribution in [-0.2, 0) is 0 Å². The molecular weight excluding hydrogens is 282 g/mol. The Morgan fingerprint density at radius 1 is 1.16 bits per heavy atom. The van der Waals surface area contributed by atoms with E-state index in [4.69, 9.17) is 23.8 Å². The minimum Gasteiger partial charge on any atom is -0.332 e. The molecule has 1 amide bonds. The van der Waals surface area contributed by atoms with Crippen molar-refractivity contribution < 1.29 is 4.79 Å². The van der Waals surface area contributed by atoms with Gasteiger partial charge in [-0.2, -0.15) is 0 Å². The van der Waals surface area contributed by atoms with Crippen molar-refractivity contribution in [3.8, 4) is 0 Å². The average molecular weight is 292 g/mol. The van der Waals surface area contributed by atoms with E-state index < -0.39 is 5.91 Å². The highest BCUT2D eigenvalue weighted by molar-refractivity contribution is 7.80. The molecule has 0 unspecified atom stereocenters. The van der Waals surface area contributed by atoms with Gasteiger partial charge in [0.2, 0.25) is 0 Å². The highest BCUT2D eigenvalue weighted by Crippen LogP contribution is 2.11. The third-order valence-corrected chi connectivity index (χ3v) is 2.77. The van der Waals surface area contributed by atoms with Gasteiger partial charge in [0.1, 0.15) is 5.15 Å². The highest BCUT2D eigenvalue weighted by Gasteiger charge is 2.11. The maximum absolute atomic E-state index is 11.9. The lowest BCUT2D eigenvalue weighted by molar-refractivity contribution is 0.0977. The smallest absolute Gasteiger partial charge is 0.260 e. The summed E-state index contributed by atoms with van der Waals surface area (Å²) in [7, 11) is 0. The molecule has 0 aliphatic rings. The molecule has 0 atom stereocenters. The summed E-state index contributed by atoms with van der Waals surface area (Å²) >= 11 is 10.9. The van der Waals surface area contributed by atoms with E-state index in [1.54, 1.807) is 12.1 Å². The fourth-order valence-corrected chi connectivity index (χ4v) is 1.83. The van der Waals surface area contributed by atoms with Crippen molar-refractivity contribution in [2.75, 3.05) is 5.32 Å². The second-order valence-corrected chi connectivity index (χ2v) is 4.38. The average Bonchev–Trinajstić information content (AvgIpc) is 2.40. The van der Waals surface area contributed by atoms with Gasteiger partial charge in [-0.25, -0.2) is 4.98 Å². The van der Waals surface area contributed by atoms with Crippen molar-refractivity contribution in [2.24, 2.45) is 0 Å². The van der Waals surface area contributed by atoms with E-state index in [0.29, 0.717) is 0 Å². The first-order valence-corrected chi connectivity index (χ1v) is 6.23. The Balaban J connectivity index is 2.00. The van der Waals surface area contributed by atoms with E-state index in [1.165, 1.54) is 6.20 Å². The van der Waals surface area contributed by atoms with Crippen LogP contribution in [0.25, 0.3) is 0 Å². The minimum absolute atomic E-state index is 0.141. The number of pyridine rings is 1. The number of para-hydroxylation sites is 1. The first-order chi connectivity index (χ1) is 9.16. The summed E-state index contributed by atoms with van der Waals surface area (Å²) in [5.41, 5.74) is 1.08. The van der Waals surface area contributed by atoms with Crippen molar-refractivity contribution in [1.82, 2.24) is 10.3 Å². The molecule has 96 valence electrons. The number of amides is 1. The number of halogens is 1. The number of carbonyl (C=O) groups excluding carboxylic acids is 1. The fraction of sp³-hybridized carbons (Fsp3) is 0. The van der Waals surface area contributed by atoms with Crippen molar-refractivity contribution in [3.63, 3.8) is 0 Å². The van der Waals surface area contributed by atoms with Crippen molar-refractivity contribution in [1.29, 1.82) is 0 Å². The zero-order valence-corrected chi connectivity index (χ0v) is 11.3. The zero-order chi connectivity index (χ0) is 13.7. The number of thiocarbonyl (C=S) groups is 1. The Morgan fingerprint density at radius 3 is 2.58 bits per heavy atom. The number of aromatic nitrogens is 1. The van der Waals surface area contributed by atoms with Gasteiger partial charge in [-0.05, 0) is 36.5 Å². The minimum atomic E-state index is -0.397. The van der Waals surface area contributed by atoms with Crippen molar-refractivity contribution >= 4 is 40.5 Å². The molecule has 0 aliphatic carbocycles. The standard InChI is InChI=1S/C13H10ClN3OS/c14-11-10(7-4-8-15-11)12(18)17-13(19)16-9-5-2-1-3-6-9/h1-8H,(H2,16,17,18,19). The molecular formula is C13H10ClN3OS. The van der Waals surface area contributed by atoms with Crippen LogP contribution in [0.1, 0.15) is 10.4 Å². The topological polar surface area (TPSA) is 54.0 Å². The number of hydrogen-bond donors (Lipinski definition) is 2. The van der Waals surface area contributed by atoms with Gasteiger partial charge in [-0.15, -0.1) is 0 Å². The molecule has 0 saturated heterocycles. The lowest BCUT2D eigenvalue weighted by Crippen LogP contribution is -2.34. The number of anilines is 1. The van der Waals surface area contributed by atoms with Gasteiger partial charge in [0.15, 0.2) is 5.11 Å². The Hall–Kier alpha value is -1.98. The molecule has 0 radical (unpaired) electrons. The quantitative estimate of drug-likeness (QED) is 0.660. The Bertz CT molecular complexity index is 604. The first-order valence-electron chi connectivity index (χ1n) is 5.45. The zero-order valence-electron chi connectivity index (χ0n) is 9.76. The van der Waals surface area contributed by atoms with Crippen LogP contribution < -0.4 is 10.6 Å². The summed E-state index contributed by atoms with van der Waals surface area (Å²) < 4.78 is 0. The first kappa shape index (κ1) is 13.5. The van der Waals surface area contributed by atoms with Crippen LogP contribution in [-0.4, -0.2) is 16.0 Å². The summed E-state index contributed by atoms with van der Waals surface area (Å²) in [6.45, 7) is 0. The van der Waals surface area contributed by atoms with Gasteiger partial charge in [0.25, 0.3) is 5.91 Å². The molecule has 1 heterocycles. The normalized spacial score (nSPS) is 9.74. The number of carbonyl (C=O) groups is 1. The van der Waals surface area contributed by atoms with Crippen LogP contribution in [0.3, 0.4) is 0 Å². The van der Waals surface area contributed by atoms with Crippen LogP contribution in [0.2, 0.25) is 5.15 Å². The van der Waals surface area contributed by atoms with Gasteiger partial charge in [0.05, 0.1) is 5.56 Å². The largest absolute Gasteiger partial charge is 0.332 e. The van der Waals surface area contributed by atoms with Gasteiger partial charge < -0.3 is 5.32 Å². The van der Waals surface area contributed by atoms with E-state index in [0.717, 1.165) is 5.69 Å². The summed E-state index contributed by atoms with van der Waals surface area (Å²) in [6, 6.07) is 12.5. The number of rotatable bonds is 2. The predicted octanol–water partition coefficient (Wildman–Crippen LogP) is 2.86. The second-order valence-electron chi connectivity index (χ2n) is 3.62. The molecule has 0 spiro atoms. The van der Waals surface area contributed by atoms with Gasteiger partial charge in [0, 0.05) is 11.9 Å². The summed E-state index contributed by atoms with van der Waals surface area (Å²) in [5, 5.41) is 5.79. The Kier molecular flexibility index (Phi) is 4.43. The molecule has 0 fully saturated rings. The lowest BCUT2D eigenvalue weighted by atomic mass is 10.3. The molecule has 0 aliphatic heterocycles. The maximum atomic E-state index is 11.9. The molecule has 4 nitrogen and oxygen atoms in total. The molecule has 19 heavy (non-hydrogen) atoms. The predicted molar refractivity (Wildman–Crippen MR) is 79.4 cm³/mol. The molecule has 1 aromatic carbocycles. The molecule has 2 rings (SSSR count). The SMILES string of the molecule is O=C(NC(=S)Nc1ccccc1)c1cccnc1Cl. The van der Waals surface area contributed by atoms with Gasteiger partial charge in [-0.3, -0.25) is 10.1 Å². The third kappa shape index (κ3) is 3.74. The third-order valence-electron chi connectivity index (χ3n) is 2.26. The van der Waals surface area contributed by atoms with E-state index in [2.05, 4.69) is 15.6 Å². The van der Waals surface area contributed by atoms with Crippen LogP contribution in [0.4, 0.5) is 5.69 Å². The summed E-state index contributed by atoms with van der Waals surface area (Å²) in [5.74, 6) is -0.397. The number of nitrogens with zero attached hydrogens (tertiary/aromatic N) is 1.